The summed E-state index contributed by atoms with van der Waals surface area (Å²) in [5.74, 6) is 0.915. The maximum Gasteiger partial charge on any atom is 0.135 e. The van der Waals surface area contributed by atoms with Crippen molar-refractivity contribution in [3.05, 3.63) is 63.7 Å². The van der Waals surface area contributed by atoms with Gasteiger partial charge in [0.2, 0.25) is 0 Å². The molecule has 27 heavy (non-hydrogen) atoms. The van der Waals surface area contributed by atoms with Crippen molar-refractivity contribution in [2.75, 3.05) is 13.6 Å². The quantitative estimate of drug-likeness (QED) is 0.628. The number of hydrogen-bond donors (Lipinski definition) is 1. The predicted molar refractivity (Wildman–Crippen MR) is 117 cm³/mol. The maximum atomic E-state index is 8.72. The molecule has 0 saturated heterocycles. The predicted octanol–water partition coefficient (Wildman–Crippen LogP) is 6.19. The van der Waals surface area contributed by atoms with Crippen molar-refractivity contribution in [2.24, 2.45) is 5.92 Å². The van der Waals surface area contributed by atoms with E-state index in [-0.39, 0.29) is 23.9 Å². The summed E-state index contributed by atoms with van der Waals surface area (Å²) >= 11 is 0. The Hall–Kier alpha value is -1.80. The van der Waals surface area contributed by atoms with Crippen LogP contribution in [-0.2, 0) is 5.60 Å². The molecule has 0 spiro atoms. The molecular weight excluding hydrogens is 330 g/mol. The second kappa shape index (κ2) is 8.48. The van der Waals surface area contributed by atoms with Crippen LogP contribution in [0.1, 0.15) is 69.7 Å². The van der Waals surface area contributed by atoms with E-state index in [9.17, 15) is 0 Å². The largest absolute Gasteiger partial charge is 0.482 e. The fraction of sp³-hybridized carbons (Fsp3) is 0.520. The van der Waals surface area contributed by atoms with Crippen LogP contribution in [0.25, 0.3) is 0 Å². The van der Waals surface area contributed by atoms with Gasteiger partial charge in [0.05, 0.1) is 2.74 Å². The molecule has 148 valence electrons. The van der Waals surface area contributed by atoms with Gasteiger partial charge in [-0.05, 0) is 87.0 Å². The molecule has 0 radical (unpaired) electrons. The minimum atomic E-state index is -0.632. The summed E-state index contributed by atoms with van der Waals surface area (Å²) in [5.41, 5.74) is 5.90. The third kappa shape index (κ3) is 4.21. The smallest absolute Gasteiger partial charge is 0.135 e. The van der Waals surface area contributed by atoms with Gasteiger partial charge in [0.25, 0.3) is 0 Å². The fourth-order valence-electron chi connectivity index (χ4n) is 3.88. The van der Waals surface area contributed by atoms with Crippen LogP contribution in [-0.4, -0.2) is 13.6 Å². The van der Waals surface area contributed by atoms with Crippen LogP contribution in [0.5, 0.6) is 5.75 Å². The summed E-state index contributed by atoms with van der Waals surface area (Å²) in [7, 11) is 1.95. The first-order chi connectivity index (χ1) is 13.5. The highest BCUT2D eigenvalue weighted by Gasteiger charge is 2.37. The molecule has 0 aliphatic carbocycles. The van der Waals surface area contributed by atoms with E-state index >= 15 is 0 Å². The molecule has 2 heteroatoms. The maximum absolute atomic E-state index is 8.72. The molecule has 0 bridgehead atoms. The van der Waals surface area contributed by atoms with Crippen molar-refractivity contribution in [3.8, 4) is 5.75 Å². The lowest BCUT2D eigenvalue weighted by molar-refractivity contribution is 0.0281. The van der Waals surface area contributed by atoms with E-state index in [0.29, 0.717) is 5.75 Å². The zero-order chi connectivity index (χ0) is 22.1. The second-order valence-corrected chi connectivity index (χ2v) is 8.31. The molecule has 0 saturated carbocycles. The molecule has 2 aromatic carbocycles. The average Bonchev–Trinajstić information content (AvgIpc) is 2.66. The molecule has 0 amide bonds. The van der Waals surface area contributed by atoms with Crippen LogP contribution >= 0.6 is 0 Å². The molecule has 0 aliphatic rings. The number of aryl methyl sites for hydroxylation is 1. The summed E-state index contributed by atoms with van der Waals surface area (Å²) in [5, 5.41) is 3.28. The SMILES string of the molecule is [2H]c1c([2H])c(O[C@@](C)(c2cccc(C)c2C)C(C)CNC)c(C(C)C)c(C)c1C. The summed E-state index contributed by atoms with van der Waals surface area (Å²) in [6, 6.07) is 6.77. The Morgan fingerprint density at radius 1 is 1.04 bits per heavy atom. The zero-order valence-electron chi connectivity index (χ0n) is 20.5. The molecule has 0 aromatic heterocycles. The van der Waals surface area contributed by atoms with E-state index < -0.39 is 5.60 Å². The number of rotatable bonds is 7. The zero-order valence-corrected chi connectivity index (χ0v) is 18.5. The number of nitrogens with one attached hydrogen (secondary N) is 1. The summed E-state index contributed by atoms with van der Waals surface area (Å²) in [6.07, 6.45) is 0. The Kier molecular flexibility index (Phi) is 5.83. The topological polar surface area (TPSA) is 21.3 Å². The molecule has 0 heterocycles. The van der Waals surface area contributed by atoms with Gasteiger partial charge in [0.1, 0.15) is 11.4 Å². The first-order valence-electron chi connectivity index (χ1n) is 11.0. The van der Waals surface area contributed by atoms with Crippen LogP contribution in [0, 0.1) is 33.6 Å². The van der Waals surface area contributed by atoms with Crippen LogP contribution in [0.4, 0.5) is 0 Å². The summed E-state index contributed by atoms with van der Waals surface area (Å²) in [6.45, 7) is 17.6. The van der Waals surface area contributed by atoms with Crippen molar-refractivity contribution < 1.29 is 7.48 Å². The van der Waals surface area contributed by atoms with Gasteiger partial charge < -0.3 is 10.1 Å². The first-order valence-corrected chi connectivity index (χ1v) is 9.97. The minimum absolute atomic E-state index is 0.156. The number of hydrogen-bond acceptors (Lipinski definition) is 2. The summed E-state index contributed by atoms with van der Waals surface area (Å²) in [4.78, 5) is 0. The molecule has 2 nitrogen and oxygen atoms in total. The van der Waals surface area contributed by atoms with Gasteiger partial charge in [-0.15, -0.1) is 0 Å². The van der Waals surface area contributed by atoms with Gasteiger partial charge in [-0.3, -0.25) is 0 Å². The van der Waals surface area contributed by atoms with Crippen molar-refractivity contribution in [3.63, 3.8) is 0 Å². The van der Waals surface area contributed by atoms with E-state index in [1.165, 1.54) is 11.1 Å². The third-order valence-electron chi connectivity index (χ3n) is 6.06. The van der Waals surface area contributed by atoms with Gasteiger partial charge in [0, 0.05) is 12.5 Å². The van der Waals surface area contributed by atoms with Crippen molar-refractivity contribution in [1.29, 1.82) is 0 Å². The van der Waals surface area contributed by atoms with Crippen molar-refractivity contribution in [2.45, 2.75) is 66.9 Å². The standard InChI is InChI=1S/C25H37NO/c1-16(2)24-21(7)18(4)13-14-23(24)27-25(8,19(5)15-26-9)22-12-10-11-17(3)20(22)6/h10-14,16,19,26H,15H2,1-9H3/t19?,25-/m1/s1/i13D,14D. The average molecular weight is 370 g/mol. The fourth-order valence-corrected chi connectivity index (χ4v) is 3.88. The van der Waals surface area contributed by atoms with Crippen LogP contribution in [0.2, 0.25) is 0 Å². The Bertz CT molecular complexity index is 891. The normalized spacial score (nSPS) is 15.9. The van der Waals surface area contributed by atoms with Crippen molar-refractivity contribution in [1.82, 2.24) is 5.32 Å². The molecule has 2 atom stereocenters. The Morgan fingerprint density at radius 3 is 2.30 bits per heavy atom. The highest BCUT2D eigenvalue weighted by atomic mass is 16.5. The molecule has 1 unspecified atom stereocenters. The first kappa shape index (κ1) is 18.6. The Morgan fingerprint density at radius 2 is 1.70 bits per heavy atom. The molecule has 0 aliphatic heterocycles. The van der Waals surface area contributed by atoms with E-state index in [4.69, 9.17) is 7.48 Å². The van der Waals surface area contributed by atoms with Crippen molar-refractivity contribution >= 4 is 0 Å². The van der Waals surface area contributed by atoms with Crippen LogP contribution in [0.15, 0.2) is 30.3 Å². The summed E-state index contributed by atoms with van der Waals surface area (Å²) < 4.78 is 24.0. The second-order valence-electron chi connectivity index (χ2n) is 8.31. The van der Waals surface area contributed by atoms with Crippen LogP contribution in [0.3, 0.4) is 0 Å². The Labute approximate surface area is 169 Å². The number of benzene rings is 2. The highest BCUT2D eigenvalue weighted by Crippen LogP contribution is 2.41. The van der Waals surface area contributed by atoms with E-state index in [0.717, 1.165) is 28.8 Å². The minimum Gasteiger partial charge on any atom is -0.482 e. The van der Waals surface area contributed by atoms with E-state index in [1.54, 1.807) is 0 Å². The Balaban J connectivity index is 2.78. The lowest BCUT2D eigenvalue weighted by atomic mass is 9.80. The molecule has 2 aromatic rings. The van der Waals surface area contributed by atoms with Gasteiger partial charge in [-0.25, -0.2) is 0 Å². The van der Waals surface area contributed by atoms with Gasteiger partial charge >= 0.3 is 0 Å². The monoisotopic (exact) mass is 369 g/mol. The molecular formula is C25H37NO. The van der Waals surface area contributed by atoms with E-state index in [2.05, 4.69) is 65.1 Å². The third-order valence-corrected chi connectivity index (χ3v) is 6.06. The van der Waals surface area contributed by atoms with Gasteiger partial charge in [-0.1, -0.05) is 45.0 Å². The van der Waals surface area contributed by atoms with Gasteiger partial charge in [0.15, 0.2) is 0 Å². The number of ether oxygens (including phenoxy) is 1. The molecule has 0 fully saturated rings. The van der Waals surface area contributed by atoms with Crippen LogP contribution < -0.4 is 10.1 Å². The van der Waals surface area contributed by atoms with Gasteiger partial charge in [-0.2, -0.15) is 0 Å². The lowest BCUT2D eigenvalue weighted by Crippen LogP contribution is -2.42. The highest BCUT2D eigenvalue weighted by molar-refractivity contribution is 5.47. The lowest BCUT2D eigenvalue weighted by Gasteiger charge is -2.39. The molecule has 2 rings (SSSR count). The van der Waals surface area contributed by atoms with E-state index in [1.807, 2.05) is 20.9 Å². The molecule has 1 N–H and O–H groups in total.